The predicted octanol–water partition coefficient (Wildman–Crippen LogP) is 4.42. The van der Waals surface area contributed by atoms with E-state index < -0.39 is 0 Å². The Bertz CT molecular complexity index is 555. The Morgan fingerprint density at radius 3 is 2.35 bits per heavy atom. The fourth-order valence-corrected chi connectivity index (χ4v) is 2.47. The Morgan fingerprint density at radius 2 is 1.65 bits per heavy atom. The number of halogens is 2. The van der Waals surface area contributed by atoms with Crippen molar-refractivity contribution in [2.45, 2.75) is 0 Å². The lowest BCUT2D eigenvalue weighted by molar-refractivity contribution is 0.384. The van der Waals surface area contributed by atoms with Gasteiger partial charge in [0.25, 0.3) is 0 Å². The van der Waals surface area contributed by atoms with E-state index in [-0.39, 0.29) is 23.0 Å². The van der Waals surface area contributed by atoms with Gasteiger partial charge < -0.3 is 14.9 Å². The Labute approximate surface area is 115 Å². The van der Waals surface area contributed by atoms with Gasteiger partial charge in [0.15, 0.2) is 23.0 Å². The van der Waals surface area contributed by atoms with Gasteiger partial charge in [-0.1, -0.05) is 28.1 Å². The molecule has 0 bridgehead atoms. The van der Waals surface area contributed by atoms with Crippen molar-refractivity contribution in [3.05, 3.63) is 45.3 Å². The van der Waals surface area contributed by atoms with Crippen LogP contribution in [0.15, 0.2) is 45.3 Å². The predicted molar refractivity (Wildman–Crippen MR) is 71.7 cm³/mol. The van der Waals surface area contributed by atoms with Crippen molar-refractivity contribution in [3.8, 4) is 23.0 Å². The minimum atomic E-state index is -0.0172. The quantitative estimate of drug-likeness (QED) is 0.834. The van der Waals surface area contributed by atoms with Crippen LogP contribution in [-0.2, 0) is 0 Å². The smallest absolute Gasteiger partial charge is 0.172 e. The molecule has 5 heteroatoms. The van der Waals surface area contributed by atoms with Gasteiger partial charge in [0, 0.05) is 4.47 Å². The van der Waals surface area contributed by atoms with E-state index in [1.807, 2.05) is 0 Å². The Kier molecular flexibility index (Phi) is 3.59. The molecule has 0 saturated heterocycles. The minimum Gasteiger partial charge on any atom is -0.504 e. The number of phenolic OH excluding ortho intramolecular Hbond substituents is 2. The molecule has 2 aromatic rings. The first kappa shape index (κ1) is 12.3. The van der Waals surface area contributed by atoms with Crippen LogP contribution in [0.3, 0.4) is 0 Å². The third-order valence-corrected chi connectivity index (χ3v) is 3.14. The van der Waals surface area contributed by atoms with Crippen molar-refractivity contribution in [1.29, 1.82) is 0 Å². The third-order valence-electron chi connectivity index (χ3n) is 2.08. The molecule has 0 unspecified atom stereocenters. The molecule has 2 N–H and O–H groups in total. The van der Waals surface area contributed by atoms with Crippen LogP contribution in [0.2, 0.25) is 0 Å². The maximum Gasteiger partial charge on any atom is 0.172 e. The minimum absolute atomic E-state index is 0.0167. The van der Waals surface area contributed by atoms with Crippen LogP contribution < -0.4 is 4.74 Å². The zero-order chi connectivity index (χ0) is 12.4. The second-order valence-corrected chi connectivity index (χ2v) is 5.07. The number of hydrogen-bond donors (Lipinski definition) is 2. The number of phenols is 2. The number of aromatic hydroxyl groups is 2. The van der Waals surface area contributed by atoms with Gasteiger partial charge in [-0.15, -0.1) is 0 Å². The van der Waals surface area contributed by atoms with E-state index in [0.29, 0.717) is 4.47 Å². The van der Waals surface area contributed by atoms with Crippen LogP contribution >= 0.6 is 31.9 Å². The zero-order valence-electron chi connectivity index (χ0n) is 8.52. The third kappa shape index (κ3) is 2.73. The molecular weight excluding hydrogens is 352 g/mol. The van der Waals surface area contributed by atoms with Gasteiger partial charge in [-0.3, -0.25) is 0 Å². The molecule has 0 aliphatic rings. The van der Waals surface area contributed by atoms with Crippen LogP contribution in [0, 0.1) is 0 Å². The van der Waals surface area contributed by atoms with E-state index in [2.05, 4.69) is 31.9 Å². The van der Waals surface area contributed by atoms with Crippen LogP contribution in [0.5, 0.6) is 23.0 Å². The van der Waals surface area contributed by atoms with Gasteiger partial charge in [0.1, 0.15) is 0 Å². The molecular formula is C12H8Br2O3. The van der Waals surface area contributed by atoms with Gasteiger partial charge in [0.2, 0.25) is 0 Å². The van der Waals surface area contributed by atoms with E-state index in [1.165, 1.54) is 6.07 Å². The molecule has 0 aliphatic heterocycles. The van der Waals surface area contributed by atoms with Gasteiger partial charge in [-0.25, -0.2) is 0 Å². The number of benzene rings is 2. The lowest BCUT2D eigenvalue weighted by atomic mass is 10.3. The molecule has 17 heavy (non-hydrogen) atoms. The average molecular weight is 360 g/mol. The summed E-state index contributed by atoms with van der Waals surface area (Å²) in [5, 5.41) is 19.4. The monoisotopic (exact) mass is 358 g/mol. The first-order chi connectivity index (χ1) is 8.08. The maximum atomic E-state index is 9.80. The molecule has 2 rings (SSSR count). The van der Waals surface area contributed by atoms with Crippen LogP contribution in [0.25, 0.3) is 0 Å². The SMILES string of the molecule is Oc1ccccc1Oc1cc(Br)cc(Br)c1O. The largest absolute Gasteiger partial charge is 0.504 e. The summed E-state index contributed by atoms with van der Waals surface area (Å²) in [6.07, 6.45) is 0. The normalized spacial score (nSPS) is 10.2. The summed E-state index contributed by atoms with van der Waals surface area (Å²) in [6, 6.07) is 9.88. The van der Waals surface area contributed by atoms with Crippen molar-refractivity contribution in [2.24, 2.45) is 0 Å². The van der Waals surface area contributed by atoms with Crippen molar-refractivity contribution >= 4 is 31.9 Å². The van der Waals surface area contributed by atoms with E-state index >= 15 is 0 Å². The van der Waals surface area contributed by atoms with E-state index in [9.17, 15) is 10.2 Å². The summed E-state index contributed by atoms with van der Waals surface area (Å²) in [6.45, 7) is 0. The van der Waals surface area contributed by atoms with Crippen molar-refractivity contribution in [3.63, 3.8) is 0 Å². The van der Waals surface area contributed by atoms with Crippen LogP contribution in [0.1, 0.15) is 0 Å². The molecule has 0 aromatic heterocycles. The van der Waals surface area contributed by atoms with E-state index in [1.54, 1.807) is 30.3 Å². The number of ether oxygens (including phenoxy) is 1. The molecule has 2 aromatic carbocycles. The van der Waals surface area contributed by atoms with Crippen molar-refractivity contribution in [1.82, 2.24) is 0 Å². The van der Waals surface area contributed by atoms with Gasteiger partial charge in [0.05, 0.1) is 4.47 Å². The van der Waals surface area contributed by atoms with Crippen LogP contribution in [-0.4, -0.2) is 10.2 Å². The summed E-state index contributed by atoms with van der Waals surface area (Å²) in [5.41, 5.74) is 0. The molecule has 0 saturated carbocycles. The Morgan fingerprint density at radius 1 is 0.941 bits per heavy atom. The summed E-state index contributed by atoms with van der Waals surface area (Å²) in [5.74, 6) is 0.542. The highest BCUT2D eigenvalue weighted by Gasteiger charge is 2.11. The molecule has 0 fully saturated rings. The molecule has 0 heterocycles. The highest BCUT2D eigenvalue weighted by molar-refractivity contribution is 9.11. The summed E-state index contributed by atoms with van der Waals surface area (Å²) < 4.78 is 6.71. The number of hydrogen-bond acceptors (Lipinski definition) is 3. The maximum absolute atomic E-state index is 9.80. The molecule has 0 amide bonds. The molecule has 0 spiro atoms. The fourth-order valence-electron chi connectivity index (χ4n) is 1.28. The Balaban J connectivity index is 2.40. The number of para-hydroxylation sites is 2. The zero-order valence-corrected chi connectivity index (χ0v) is 11.7. The van der Waals surface area contributed by atoms with Crippen molar-refractivity contribution in [2.75, 3.05) is 0 Å². The van der Waals surface area contributed by atoms with Crippen LogP contribution in [0.4, 0.5) is 0 Å². The summed E-state index contributed by atoms with van der Waals surface area (Å²) in [7, 11) is 0. The van der Waals surface area contributed by atoms with Crippen molar-refractivity contribution < 1.29 is 14.9 Å². The van der Waals surface area contributed by atoms with Gasteiger partial charge in [-0.05, 0) is 40.2 Å². The highest BCUT2D eigenvalue weighted by Crippen LogP contribution is 2.41. The lowest BCUT2D eigenvalue weighted by Crippen LogP contribution is -1.86. The number of rotatable bonds is 2. The van der Waals surface area contributed by atoms with E-state index in [0.717, 1.165) is 4.47 Å². The molecule has 0 atom stereocenters. The summed E-state index contributed by atoms with van der Waals surface area (Å²) >= 11 is 6.50. The second-order valence-electron chi connectivity index (χ2n) is 3.30. The van der Waals surface area contributed by atoms with E-state index in [4.69, 9.17) is 4.74 Å². The van der Waals surface area contributed by atoms with Gasteiger partial charge in [-0.2, -0.15) is 0 Å². The van der Waals surface area contributed by atoms with Gasteiger partial charge >= 0.3 is 0 Å². The molecule has 0 radical (unpaired) electrons. The molecule has 88 valence electrons. The Hall–Kier alpha value is -1.20. The second kappa shape index (κ2) is 4.98. The average Bonchev–Trinajstić information content (AvgIpc) is 2.28. The lowest BCUT2D eigenvalue weighted by Gasteiger charge is -2.10. The fraction of sp³-hybridized carbons (Fsp3) is 0. The highest BCUT2D eigenvalue weighted by atomic mass is 79.9. The first-order valence-electron chi connectivity index (χ1n) is 4.72. The summed E-state index contributed by atoms with van der Waals surface area (Å²) in [4.78, 5) is 0. The molecule has 3 nitrogen and oxygen atoms in total. The standard InChI is InChI=1S/C12H8Br2O3/c13-7-5-8(14)12(16)11(6-7)17-10-4-2-1-3-9(10)15/h1-6,15-16H. The topological polar surface area (TPSA) is 49.7 Å². The first-order valence-corrected chi connectivity index (χ1v) is 6.30. The molecule has 0 aliphatic carbocycles.